The van der Waals surface area contributed by atoms with Crippen LogP contribution >= 0.6 is 0 Å². The summed E-state index contributed by atoms with van der Waals surface area (Å²) in [6, 6.07) is 1.74. The summed E-state index contributed by atoms with van der Waals surface area (Å²) >= 11 is 0. The van der Waals surface area contributed by atoms with E-state index in [9.17, 15) is 9.59 Å². The third-order valence-corrected chi connectivity index (χ3v) is 3.04. The number of carbonyl (C=O) groups is 2. The Hall–Kier alpha value is -2.64. The zero-order valence-corrected chi connectivity index (χ0v) is 12.1. The molecule has 0 atom stereocenters. The first-order valence-electron chi connectivity index (χ1n) is 6.55. The second-order valence-corrected chi connectivity index (χ2v) is 4.68. The summed E-state index contributed by atoms with van der Waals surface area (Å²) in [5, 5.41) is 19.7. The van der Waals surface area contributed by atoms with Gasteiger partial charge < -0.3 is 10.4 Å². The van der Waals surface area contributed by atoms with Crippen LogP contribution in [0.3, 0.4) is 0 Å². The smallest absolute Gasteiger partial charge is 0.339 e. The highest BCUT2D eigenvalue weighted by molar-refractivity contribution is 6.09. The fourth-order valence-corrected chi connectivity index (χ4v) is 2.05. The number of carboxylic acid groups (broad SMARTS) is 1. The number of nitrogens with one attached hydrogen (secondary N) is 1. The Bertz CT molecular complexity index is 686. The third kappa shape index (κ3) is 2.93. The number of aromatic carboxylic acids is 1. The molecule has 2 aromatic heterocycles. The van der Waals surface area contributed by atoms with Gasteiger partial charge in [-0.3, -0.25) is 14.2 Å². The Morgan fingerprint density at radius 1 is 1.43 bits per heavy atom. The van der Waals surface area contributed by atoms with E-state index >= 15 is 0 Å². The van der Waals surface area contributed by atoms with E-state index in [-0.39, 0.29) is 11.3 Å². The fourth-order valence-electron chi connectivity index (χ4n) is 2.05. The van der Waals surface area contributed by atoms with Crippen molar-refractivity contribution < 1.29 is 14.7 Å². The van der Waals surface area contributed by atoms with Gasteiger partial charge in [-0.1, -0.05) is 6.92 Å². The quantitative estimate of drug-likeness (QED) is 0.864. The van der Waals surface area contributed by atoms with Crippen molar-refractivity contribution in [3.8, 4) is 0 Å². The lowest BCUT2D eigenvalue weighted by Crippen LogP contribution is -2.19. The Morgan fingerprint density at radius 2 is 2.14 bits per heavy atom. The second kappa shape index (κ2) is 5.78. The molecule has 2 aromatic rings. The van der Waals surface area contributed by atoms with Crippen molar-refractivity contribution in [2.45, 2.75) is 26.8 Å². The van der Waals surface area contributed by atoms with Crippen molar-refractivity contribution in [2.24, 2.45) is 7.05 Å². The van der Waals surface area contributed by atoms with Crippen LogP contribution in [0.1, 0.15) is 39.9 Å². The maximum Gasteiger partial charge on any atom is 0.339 e. The molecule has 8 heteroatoms. The van der Waals surface area contributed by atoms with E-state index in [0.29, 0.717) is 5.82 Å². The van der Waals surface area contributed by atoms with Gasteiger partial charge in [0, 0.05) is 25.4 Å². The van der Waals surface area contributed by atoms with Gasteiger partial charge in [-0.15, -0.1) is 0 Å². The van der Waals surface area contributed by atoms with E-state index in [0.717, 1.165) is 24.9 Å². The maximum atomic E-state index is 12.2. The summed E-state index contributed by atoms with van der Waals surface area (Å²) in [7, 11) is 1.52. The van der Waals surface area contributed by atoms with Gasteiger partial charge in [-0.05, 0) is 13.3 Å². The molecule has 8 nitrogen and oxygen atoms in total. The number of anilines is 1. The lowest BCUT2D eigenvalue weighted by Gasteiger charge is -2.04. The number of hydrogen-bond acceptors (Lipinski definition) is 4. The zero-order valence-electron chi connectivity index (χ0n) is 12.1. The SMILES string of the molecule is CCCn1nc(NC(=O)c2c(C(=O)O)cnn2C)cc1C. The molecule has 2 heterocycles. The van der Waals surface area contributed by atoms with Crippen molar-refractivity contribution in [2.75, 3.05) is 5.32 Å². The summed E-state index contributed by atoms with van der Waals surface area (Å²) in [5.41, 5.74) is 0.778. The first kappa shape index (κ1) is 14.8. The highest BCUT2D eigenvalue weighted by atomic mass is 16.4. The second-order valence-electron chi connectivity index (χ2n) is 4.68. The molecule has 2 N–H and O–H groups in total. The molecule has 0 unspecified atom stereocenters. The molecular weight excluding hydrogens is 274 g/mol. The molecule has 0 aliphatic rings. The minimum absolute atomic E-state index is 0.00908. The van der Waals surface area contributed by atoms with Gasteiger partial charge in [0.1, 0.15) is 11.3 Å². The number of rotatable bonds is 5. The van der Waals surface area contributed by atoms with Gasteiger partial charge in [-0.25, -0.2) is 4.79 Å². The van der Waals surface area contributed by atoms with Crippen LogP contribution in [0.2, 0.25) is 0 Å². The number of carboxylic acids is 1. The largest absolute Gasteiger partial charge is 0.478 e. The summed E-state index contributed by atoms with van der Waals surface area (Å²) in [4.78, 5) is 23.3. The Labute approximate surface area is 121 Å². The number of nitrogens with zero attached hydrogens (tertiary/aromatic N) is 4. The summed E-state index contributed by atoms with van der Waals surface area (Å²) in [6.45, 7) is 4.69. The average Bonchev–Trinajstić information content (AvgIpc) is 2.94. The topological polar surface area (TPSA) is 102 Å². The molecule has 0 saturated heterocycles. The molecule has 0 fully saturated rings. The summed E-state index contributed by atoms with van der Waals surface area (Å²) in [5.74, 6) is -1.35. The molecule has 1 amide bonds. The van der Waals surface area contributed by atoms with Crippen LogP contribution in [0.4, 0.5) is 5.82 Å². The average molecular weight is 291 g/mol. The van der Waals surface area contributed by atoms with E-state index in [4.69, 9.17) is 5.11 Å². The van der Waals surface area contributed by atoms with Crippen molar-refractivity contribution >= 4 is 17.7 Å². The van der Waals surface area contributed by atoms with Crippen molar-refractivity contribution in [1.82, 2.24) is 19.6 Å². The molecule has 0 radical (unpaired) electrons. The van der Waals surface area contributed by atoms with Gasteiger partial charge in [0.2, 0.25) is 0 Å². The standard InChI is InChI=1S/C13H17N5O3/c1-4-5-18-8(2)6-10(16-18)15-12(19)11-9(13(20)21)7-14-17(11)3/h6-7H,4-5H2,1-3H3,(H,20,21)(H,15,16,19). The van der Waals surface area contributed by atoms with E-state index in [1.54, 1.807) is 10.7 Å². The third-order valence-electron chi connectivity index (χ3n) is 3.04. The van der Waals surface area contributed by atoms with E-state index in [2.05, 4.69) is 15.5 Å². The molecule has 0 aliphatic heterocycles. The van der Waals surface area contributed by atoms with Gasteiger partial charge in [0.15, 0.2) is 5.82 Å². The Morgan fingerprint density at radius 3 is 2.76 bits per heavy atom. The van der Waals surface area contributed by atoms with Crippen LogP contribution in [-0.2, 0) is 13.6 Å². The first-order valence-corrected chi connectivity index (χ1v) is 6.55. The fraction of sp³-hybridized carbons (Fsp3) is 0.385. The minimum atomic E-state index is -1.19. The van der Waals surface area contributed by atoms with Crippen LogP contribution in [0.15, 0.2) is 12.3 Å². The van der Waals surface area contributed by atoms with E-state index < -0.39 is 11.9 Å². The first-order chi connectivity index (χ1) is 9.93. The molecule has 0 aromatic carbocycles. The van der Waals surface area contributed by atoms with Crippen LogP contribution in [0, 0.1) is 6.92 Å². The predicted octanol–water partition coefficient (Wildman–Crippen LogP) is 1.29. The van der Waals surface area contributed by atoms with Gasteiger partial charge in [0.05, 0.1) is 6.20 Å². The van der Waals surface area contributed by atoms with Gasteiger partial charge >= 0.3 is 5.97 Å². The molecule has 2 rings (SSSR count). The lowest BCUT2D eigenvalue weighted by molar-refractivity contribution is 0.0692. The van der Waals surface area contributed by atoms with Crippen molar-refractivity contribution in [3.05, 3.63) is 29.2 Å². The minimum Gasteiger partial charge on any atom is -0.478 e. The van der Waals surface area contributed by atoms with Crippen molar-refractivity contribution in [3.63, 3.8) is 0 Å². The molecule has 112 valence electrons. The summed E-state index contributed by atoms with van der Waals surface area (Å²) < 4.78 is 3.02. The van der Waals surface area contributed by atoms with Crippen molar-refractivity contribution in [1.29, 1.82) is 0 Å². The monoisotopic (exact) mass is 291 g/mol. The highest BCUT2D eigenvalue weighted by Crippen LogP contribution is 2.13. The van der Waals surface area contributed by atoms with Gasteiger partial charge in [-0.2, -0.15) is 10.2 Å². The van der Waals surface area contributed by atoms with Crippen LogP contribution < -0.4 is 5.32 Å². The lowest BCUT2D eigenvalue weighted by atomic mass is 10.2. The summed E-state index contributed by atoms with van der Waals surface area (Å²) in [6.07, 6.45) is 2.08. The zero-order chi connectivity index (χ0) is 15.6. The molecule has 21 heavy (non-hydrogen) atoms. The van der Waals surface area contributed by atoms with Gasteiger partial charge in [0.25, 0.3) is 5.91 Å². The Balaban J connectivity index is 2.24. The van der Waals surface area contributed by atoms with Crippen LogP contribution in [0.25, 0.3) is 0 Å². The number of aromatic nitrogens is 4. The molecule has 0 saturated carbocycles. The Kier molecular flexibility index (Phi) is 4.06. The van der Waals surface area contributed by atoms with E-state index in [1.165, 1.54) is 11.7 Å². The molecule has 0 bridgehead atoms. The maximum absolute atomic E-state index is 12.2. The molecular formula is C13H17N5O3. The van der Waals surface area contributed by atoms with Crippen LogP contribution in [-0.4, -0.2) is 36.5 Å². The number of hydrogen-bond donors (Lipinski definition) is 2. The molecule has 0 aliphatic carbocycles. The van der Waals surface area contributed by atoms with Crippen LogP contribution in [0.5, 0.6) is 0 Å². The molecule has 0 spiro atoms. The predicted molar refractivity (Wildman–Crippen MR) is 75.4 cm³/mol. The normalized spacial score (nSPS) is 10.6. The number of aryl methyl sites for hydroxylation is 3. The highest BCUT2D eigenvalue weighted by Gasteiger charge is 2.22. The number of carbonyl (C=O) groups excluding carboxylic acids is 1. The van der Waals surface area contributed by atoms with E-state index in [1.807, 2.05) is 13.8 Å². The number of amides is 1.